The van der Waals surface area contributed by atoms with Crippen molar-refractivity contribution in [2.75, 3.05) is 13.2 Å². The molecule has 37 heavy (non-hydrogen) atoms. The summed E-state index contributed by atoms with van der Waals surface area (Å²) in [4.78, 5) is 13.5. The number of pyridine rings is 2. The van der Waals surface area contributed by atoms with E-state index in [1.165, 1.54) is 36.9 Å². The quantitative estimate of drug-likeness (QED) is 0.340. The highest BCUT2D eigenvalue weighted by atomic mass is 16.5. The average molecular weight is 497 g/mol. The molecule has 2 N–H and O–H groups in total. The number of fused-ring (bicyclic) bond motifs is 2. The van der Waals surface area contributed by atoms with Gasteiger partial charge in [-0.2, -0.15) is 5.26 Å². The summed E-state index contributed by atoms with van der Waals surface area (Å²) in [7, 11) is 0. The molecule has 1 saturated carbocycles. The Bertz CT molecular complexity index is 1430. The number of rotatable bonds is 6. The summed E-state index contributed by atoms with van der Waals surface area (Å²) in [6.07, 6.45) is 10.9. The van der Waals surface area contributed by atoms with Crippen molar-refractivity contribution in [1.82, 2.24) is 24.8 Å². The monoisotopic (exact) mass is 496 g/mol. The minimum atomic E-state index is 0.277. The van der Waals surface area contributed by atoms with Crippen LogP contribution >= 0.6 is 0 Å². The first-order valence-corrected chi connectivity index (χ1v) is 13.8. The first-order valence-electron chi connectivity index (χ1n) is 13.8. The number of aromatic amines is 1. The highest BCUT2D eigenvalue weighted by Gasteiger charge is 2.27. The maximum Gasteiger partial charge on any atom is 0.141 e. The van der Waals surface area contributed by atoms with Crippen molar-refractivity contribution in [2.24, 2.45) is 0 Å². The Morgan fingerprint density at radius 2 is 1.89 bits per heavy atom. The normalized spacial score (nSPS) is 21.1. The standard InChI is InChI=1S/C30H36N6O/c1-19(2)27-28(24-18-36(15-13-31)30-23(24)4-3-14-32-30)35-26-10-9-25(34-29(26)27)20-5-7-21(8-6-20)33-22-11-16-37-17-12-22/h3-4,9-10,14,18-22,33,35H,5-8,11-12,15-17H2,1-2H3. The van der Waals surface area contributed by atoms with Gasteiger partial charge in [0.15, 0.2) is 0 Å². The number of hydrogen-bond donors (Lipinski definition) is 2. The van der Waals surface area contributed by atoms with Crippen LogP contribution in [0.4, 0.5) is 0 Å². The molecule has 4 aromatic rings. The molecule has 0 unspecified atom stereocenters. The SMILES string of the molecule is CC(C)c1c(-c2cn(CC#N)c3ncccc23)[nH]c2ccc(C3CCC(NC4CCOCC4)CC3)nc12. The van der Waals surface area contributed by atoms with Crippen LogP contribution in [-0.4, -0.2) is 44.8 Å². The minimum absolute atomic E-state index is 0.277. The predicted molar refractivity (Wildman–Crippen MR) is 146 cm³/mol. The molecular weight excluding hydrogens is 460 g/mol. The third kappa shape index (κ3) is 4.65. The van der Waals surface area contributed by atoms with Crippen molar-refractivity contribution < 1.29 is 4.74 Å². The predicted octanol–water partition coefficient (Wildman–Crippen LogP) is 6.02. The molecule has 1 aliphatic carbocycles. The van der Waals surface area contributed by atoms with E-state index in [4.69, 9.17) is 9.72 Å². The third-order valence-corrected chi connectivity index (χ3v) is 8.26. The number of nitrogens with zero attached hydrogens (tertiary/aromatic N) is 4. The van der Waals surface area contributed by atoms with Gasteiger partial charge in [0.05, 0.1) is 22.8 Å². The highest BCUT2D eigenvalue weighted by Crippen LogP contribution is 2.40. The zero-order valence-electron chi connectivity index (χ0n) is 21.8. The zero-order valence-corrected chi connectivity index (χ0v) is 21.8. The van der Waals surface area contributed by atoms with E-state index in [1.54, 1.807) is 6.20 Å². The molecule has 5 heterocycles. The van der Waals surface area contributed by atoms with E-state index in [1.807, 2.05) is 10.6 Å². The fourth-order valence-electron chi connectivity index (χ4n) is 6.37. The van der Waals surface area contributed by atoms with E-state index in [0.717, 1.165) is 59.4 Å². The van der Waals surface area contributed by atoms with E-state index in [-0.39, 0.29) is 6.54 Å². The summed E-state index contributed by atoms with van der Waals surface area (Å²) in [5, 5.41) is 14.3. The lowest BCUT2D eigenvalue weighted by molar-refractivity contribution is 0.0729. The van der Waals surface area contributed by atoms with Crippen molar-refractivity contribution in [3.63, 3.8) is 0 Å². The molecule has 6 rings (SSSR count). The van der Waals surface area contributed by atoms with Crippen molar-refractivity contribution in [3.8, 4) is 17.3 Å². The van der Waals surface area contributed by atoms with Crippen molar-refractivity contribution in [2.45, 2.75) is 82.8 Å². The van der Waals surface area contributed by atoms with Crippen LogP contribution in [0.3, 0.4) is 0 Å². The molecule has 2 aliphatic rings. The van der Waals surface area contributed by atoms with Gasteiger partial charge in [-0.15, -0.1) is 0 Å². The second-order valence-corrected chi connectivity index (χ2v) is 11.0. The fourth-order valence-corrected chi connectivity index (χ4v) is 6.37. The lowest BCUT2D eigenvalue weighted by atomic mass is 9.83. The van der Waals surface area contributed by atoms with Crippen LogP contribution in [0.1, 0.15) is 75.5 Å². The Morgan fingerprint density at radius 3 is 2.65 bits per heavy atom. The van der Waals surface area contributed by atoms with Crippen LogP contribution in [0.15, 0.2) is 36.7 Å². The summed E-state index contributed by atoms with van der Waals surface area (Å²) in [5.41, 5.74) is 7.63. The topological polar surface area (TPSA) is 91.5 Å². The van der Waals surface area contributed by atoms with E-state index < -0.39 is 0 Å². The molecule has 0 bridgehead atoms. The van der Waals surface area contributed by atoms with E-state index in [2.05, 4.69) is 59.6 Å². The molecule has 7 nitrogen and oxygen atoms in total. The molecule has 0 spiro atoms. The van der Waals surface area contributed by atoms with Gasteiger partial charge in [0.1, 0.15) is 12.2 Å². The smallest absolute Gasteiger partial charge is 0.141 e. The average Bonchev–Trinajstić information content (AvgIpc) is 3.48. The molecule has 1 aliphatic heterocycles. The summed E-state index contributed by atoms with van der Waals surface area (Å²) >= 11 is 0. The Balaban J connectivity index is 1.30. The summed E-state index contributed by atoms with van der Waals surface area (Å²) in [6.45, 7) is 6.53. The van der Waals surface area contributed by atoms with E-state index in [0.29, 0.717) is 23.9 Å². The van der Waals surface area contributed by atoms with Gasteiger partial charge in [0.25, 0.3) is 0 Å². The summed E-state index contributed by atoms with van der Waals surface area (Å²) in [5.74, 6) is 0.814. The van der Waals surface area contributed by atoms with Crippen LogP contribution in [0.25, 0.3) is 33.3 Å². The van der Waals surface area contributed by atoms with Crippen molar-refractivity contribution >= 4 is 22.1 Å². The summed E-state index contributed by atoms with van der Waals surface area (Å²) < 4.78 is 7.46. The minimum Gasteiger partial charge on any atom is -0.381 e. The van der Waals surface area contributed by atoms with Crippen molar-refractivity contribution in [1.29, 1.82) is 5.26 Å². The third-order valence-electron chi connectivity index (χ3n) is 8.26. The lowest BCUT2D eigenvalue weighted by Gasteiger charge is -2.33. The van der Waals surface area contributed by atoms with Gasteiger partial charge in [0, 0.05) is 65.8 Å². The van der Waals surface area contributed by atoms with Crippen LogP contribution in [0.5, 0.6) is 0 Å². The number of H-pyrrole nitrogens is 1. The van der Waals surface area contributed by atoms with Crippen LogP contribution in [0, 0.1) is 11.3 Å². The van der Waals surface area contributed by atoms with Gasteiger partial charge in [-0.25, -0.2) is 4.98 Å². The number of aromatic nitrogens is 4. The molecule has 0 radical (unpaired) electrons. The van der Waals surface area contributed by atoms with E-state index in [9.17, 15) is 5.26 Å². The second kappa shape index (κ2) is 10.3. The van der Waals surface area contributed by atoms with Gasteiger partial charge >= 0.3 is 0 Å². The zero-order chi connectivity index (χ0) is 25.4. The first-order chi connectivity index (χ1) is 18.1. The van der Waals surface area contributed by atoms with Crippen LogP contribution in [-0.2, 0) is 11.3 Å². The van der Waals surface area contributed by atoms with Gasteiger partial charge in [-0.05, 0) is 68.7 Å². The lowest BCUT2D eigenvalue weighted by Crippen LogP contribution is -2.43. The molecule has 2 fully saturated rings. The molecule has 4 aromatic heterocycles. The highest BCUT2D eigenvalue weighted by molar-refractivity contribution is 5.98. The van der Waals surface area contributed by atoms with Gasteiger partial charge in [-0.3, -0.25) is 4.98 Å². The van der Waals surface area contributed by atoms with Gasteiger partial charge in [-0.1, -0.05) is 13.8 Å². The molecule has 0 aromatic carbocycles. The Labute approximate surface area is 218 Å². The molecule has 0 atom stereocenters. The molecule has 7 heteroatoms. The Hall–Kier alpha value is -3.21. The maximum absolute atomic E-state index is 9.34. The maximum atomic E-state index is 9.34. The molecule has 0 amide bonds. The van der Waals surface area contributed by atoms with Gasteiger partial charge in [0.2, 0.25) is 0 Å². The van der Waals surface area contributed by atoms with Crippen LogP contribution in [0.2, 0.25) is 0 Å². The van der Waals surface area contributed by atoms with Crippen LogP contribution < -0.4 is 5.32 Å². The number of hydrogen-bond acceptors (Lipinski definition) is 5. The number of ether oxygens (including phenoxy) is 1. The Morgan fingerprint density at radius 1 is 1.11 bits per heavy atom. The molecule has 192 valence electrons. The number of nitrogens with one attached hydrogen (secondary N) is 2. The van der Waals surface area contributed by atoms with E-state index >= 15 is 0 Å². The molecular formula is C30H36N6O. The fraction of sp³-hybridized carbons (Fsp3) is 0.500. The van der Waals surface area contributed by atoms with Crippen molar-refractivity contribution in [3.05, 3.63) is 47.9 Å². The molecule has 1 saturated heterocycles. The largest absolute Gasteiger partial charge is 0.381 e. The first kappa shape index (κ1) is 24.1. The number of nitriles is 1. The van der Waals surface area contributed by atoms with Gasteiger partial charge < -0.3 is 19.6 Å². The summed E-state index contributed by atoms with van der Waals surface area (Å²) in [6, 6.07) is 12.0. The second-order valence-electron chi connectivity index (χ2n) is 11.0. The Kier molecular flexibility index (Phi) is 6.71.